The second-order valence-corrected chi connectivity index (χ2v) is 5.31. The van der Waals surface area contributed by atoms with E-state index in [4.69, 9.17) is 5.73 Å². The molecule has 0 amide bonds. The molecule has 1 aromatic carbocycles. The van der Waals surface area contributed by atoms with Crippen LogP contribution in [-0.2, 0) is 0 Å². The van der Waals surface area contributed by atoms with E-state index in [9.17, 15) is 0 Å². The number of nitrogens with two attached hydrogens (primary N) is 1. The quantitative estimate of drug-likeness (QED) is 0.872. The first-order valence-corrected chi connectivity index (χ1v) is 6.52. The minimum Gasteiger partial charge on any atom is -0.328 e. The van der Waals surface area contributed by atoms with E-state index in [0.717, 1.165) is 17.3 Å². The predicted octanol–water partition coefficient (Wildman–Crippen LogP) is 3.15. The standard InChI is InChI=1S/C13H21BrN2/c1-9-4-6-11(14)8-12(9)13(16-3)7-5-10(2)15/h4,6,8,10,13,16H,5,7,15H2,1-3H3. The molecular formula is C13H21BrN2. The van der Waals surface area contributed by atoms with Gasteiger partial charge in [0, 0.05) is 16.6 Å². The normalized spacial score (nSPS) is 14.8. The molecule has 2 unspecified atom stereocenters. The van der Waals surface area contributed by atoms with Gasteiger partial charge in [0.1, 0.15) is 0 Å². The zero-order valence-corrected chi connectivity index (χ0v) is 11.8. The SMILES string of the molecule is CNC(CCC(C)N)c1cc(Br)ccc1C. The zero-order valence-electron chi connectivity index (χ0n) is 10.3. The maximum absolute atomic E-state index is 5.80. The highest BCUT2D eigenvalue weighted by Crippen LogP contribution is 2.25. The fourth-order valence-corrected chi connectivity index (χ4v) is 2.25. The van der Waals surface area contributed by atoms with Crippen LogP contribution < -0.4 is 11.1 Å². The van der Waals surface area contributed by atoms with E-state index in [1.165, 1.54) is 11.1 Å². The Bertz CT molecular complexity index is 337. The smallest absolute Gasteiger partial charge is 0.0321 e. The first kappa shape index (κ1) is 13.7. The average Bonchev–Trinajstić information content (AvgIpc) is 2.23. The van der Waals surface area contributed by atoms with Gasteiger partial charge in [0.15, 0.2) is 0 Å². The Kier molecular flexibility index (Phi) is 5.46. The van der Waals surface area contributed by atoms with Gasteiger partial charge in [-0.05, 0) is 57.0 Å². The summed E-state index contributed by atoms with van der Waals surface area (Å²) in [6, 6.07) is 7.08. The molecule has 1 aromatic rings. The molecule has 90 valence electrons. The van der Waals surface area contributed by atoms with E-state index in [-0.39, 0.29) is 6.04 Å². The molecule has 1 rings (SSSR count). The van der Waals surface area contributed by atoms with E-state index in [0.29, 0.717) is 6.04 Å². The van der Waals surface area contributed by atoms with Gasteiger partial charge in [-0.3, -0.25) is 0 Å². The van der Waals surface area contributed by atoms with Crippen LogP contribution in [0.1, 0.15) is 36.9 Å². The predicted molar refractivity (Wildman–Crippen MR) is 73.6 cm³/mol. The number of halogens is 1. The van der Waals surface area contributed by atoms with Crippen molar-refractivity contribution in [2.24, 2.45) is 5.73 Å². The van der Waals surface area contributed by atoms with Gasteiger partial charge in [0.25, 0.3) is 0 Å². The van der Waals surface area contributed by atoms with Crippen LogP contribution >= 0.6 is 15.9 Å². The second-order valence-electron chi connectivity index (χ2n) is 4.40. The van der Waals surface area contributed by atoms with Crippen LogP contribution in [0, 0.1) is 6.92 Å². The number of aryl methyl sites for hydroxylation is 1. The lowest BCUT2D eigenvalue weighted by molar-refractivity contribution is 0.495. The van der Waals surface area contributed by atoms with Crippen LogP contribution in [0.4, 0.5) is 0 Å². The molecule has 2 nitrogen and oxygen atoms in total. The summed E-state index contributed by atoms with van der Waals surface area (Å²) >= 11 is 3.52. The Morgan fingerprint density at radius 3 is 2.62 bits per heavy atom. The fraction of sp³-hybridized carbons (Fsp3) is 0.538. The number of hydrogen-bond donors (Lipinski definition) is 2. The van der Waals surface area contributed by atoms with Crippen LogP contribution in [0.3, 0.4) is 0 Å². The van der Waals surface area contributed by atoms with E-state index in [2.05, 4.69) is 53.3 Å². The first-order chi connectivity index (χ1) is 7.54. The molecule has 0 spiro atoms. The van der Waals surface area contributed by atoms with Crippen molar-refractivity contribution in [1.29, 1.82) is 0 Å². The molecule has 3 heteroatoms. The van der Waals surface area contributed by atoms with Crippen molar-refractivity contribution >= 4 is 15.9 Å². The Morgan fingerprint density at radius 2 is 2.06 bits per heavy atom. The van der Waals surface area contributed by atoms with Gasteiger partial charge in [-0.1, -0.05) is 22.0 Å². The summed E-state index contributed by atoms with van der Waals surface area (Å²) < 4.78 is 1.13. The maximum Gasteiger partial charge on any atom is 0.0321 e. The molecule has 0 saturated heterocycles. The lowest BCUT2D eigenvalue weighted by Crippen LogP contribution is -2.22. The summed E-state index contributed by atoms with van der Waals surface area (Å²) in [5.74, 6) is 0. The molecule has 0 aliphatic heterocycles. The van der Waals surface area contributed by atoms with Crippen molar-refractivity contribution < 1.29 is 0 Å². The maximum atomic E-state index is 5.80. The van der Waals surface area contributed by atoms with Crippen LogP contribution in [-0.4, -0.2) is 13.1 Å². The van der Waals surface area contributed by atoms with Crippen LogP contribution in [0.2, 0.25) is 0 Å². The molecule has 0 aliphatic rings. The highest BCUT2D eigenvalue weighted by Gasteiger charge is 2.12. The molecule has 3 N–H and O–H groups in total. The van der Waals surface area contributed by atoms with E-state index >= 15 is 0 Å². The van der Waals surface area contributed by atoms with Crippen LogP contribution in [0.5, 0.6) is 0 Å². The zero-order chi connectivity index (χ0) is 12.1. The van der Waals surface area contributed by atoms with Gasteiger partial charge in [-0.2, -0.15) is 0 Å². The molecule has 0 radical (unpaired) electrons. The molecule has 0 aliphatic carbocycles. The van der Waals surface area contributed by atoms with Gasteiger partial charge in [-0.25, -0.2) is 0 Å². The van der Waals surface area contributed by atoms with Crippen molar-refractivity contribution in [2.75, 3.05) is 7.05 Å². The summed E-state index contributed by atoms with van der Waals surface area (Å²) in [6.07, 6.45) is 2.11. The Labute approximate surface area is 107 Å². The van der Waals surface area contributed by atoms with E-state index in [1.54, 1.807) is 0 Å². The topological polar surface area (TPSA) is 38.0 Å². The Morgan fingerprint density at radius 1 is 1.38 bits per heavy atom. The number of nitrogens with one attached hydrogen (secondary N) is 1. The van der Waals surface area contributed by atoms with Crippen molar-refractivity contribution in [3.8, 4) is 0 Å². The summed E-state index contributed by atoms with van der Waals surface area (Å²) in [7, 11) is 2.01. The van der Waals surface area contributed by atoms with E-state index < -0.39 is 0 Å². The lowest BCUT2D eigenvalue weighted by Gasteiger charge is -2.20. The van der Waals surface area contributed by atoms with Gasteiger partial charge in [-0.15, -0.1) is 0 Å². The minimum atomic E-state index is 0.267. The van der Waals surface area contributed by atoms with Crippen molar-refractivity contribution in [3.63, 3.8) is 0 Å². The van der Waals surface area contributed by atoms with Gasteiger partial charge in [0.2, 0.25) is 0 Å². The number of rotatable bonds is 5. The highest BCUT2D eigenvalue weighted by molar-refractivity contribution is 9.10. The van der Waals surface area contributed by atoms with Gasteiger partial charge >= 0.3 is 0 Å². The molecule has 0 aromatic heterocycles. The monoisotopic (exact) mass is 284 g/mol. The molecule has 16 heavy (non-hydrogen) atoms. The summed E-state index contributed by atoms with van der Waals surface area (Å²) in [6.45, 7) is 4.21. The molecule has 0 saturated carbocycles. The minimum absolute atomic E-state index is 0.267. The van der Waals surface area contributed by atoms with Crippen molar-refractivity contribution in [3.05, 3.63) is 33.8 Å². The molecule has 2 atom stereocenters. The number of hydrogen-bond acceptors (Lipinski definition) is 2. The largest absolute Gasteiger partial charge is 0.328 e. The highest BCUT2D eigenvalue weighted by atomic mass is 79.9. The molecule has 0 bridgehead atoms. The Hall–Kier alpha value is -0.380. The number of benzene rings is 1. The summed E-state index contributed by atoms with van der Waals surface area (Å²) in [5, 5.41) is 3.37. The van der Waals surface area contributed by atoms with Gasteiger partial charge < -0.3 is 11.1 Å². The third kappa shape index (κ3) is 3.89. The molecule has 0 fully saturated rings. The van der Waals surface area contributed by atoms with Gasteiger partial charge in [0.05, 0.1) is 0 Å². The lowest BCUT2D eigenvalue weighted by atomic mass is 9.96. The van der Waals surface area contributed by atoms with Crippen molar-refractivity contribution in [2.45, 2.75) is 38.8 Å². The molecule has 0 heterocycles. The summed E-state index contributed by atoms with van der Waals surface area (Å²) in [5.41, 5.74) is 8.49. The van der Waals surface area contributed by atoms with Crippen LogP contribution in [0.15, 0.2) is 22.7 Å². The summed E-state index contributed by atoms with van der Waals surface area (Å²) in [4.78, 5) is 0. The fourth-order valence-electron chi connectivity index (χ4n) is 1.87. The Balaban J connectivity index is 2.81. The van der Waals surface area contributed by atoms with E-state index in [1.807, 2.05) is 7.05 Å². The van der Waals surface area contributed by atoms with Crippen molar-refractivity contribution in [1.82, 2.24) is 5.32 Å². The van der Waals surface area contributed by atoms with Crippen LogP contribution in [0.25, 0.3) is 0 Å². The second kappa shape index (κ2) is 6.38. The first-order valence-electron chi connectivity index (χ1n) is 5.73. The third-order valence-electron chi connectivity index (χ3n) is 2.88. The molecular weight excluding hydrogens is 264 g/mol. The third-order valence-corrected chi connectivity index (χ3v) is 3.37. The average molecular weight is 285 g/mol.